The summed E-state index contributed by atoms with van der Waals surface area (Å²) in [6.45, 7) is 0.116. The van der Waals surface area contributed by atoms with Gasteiger partial charge in [-0.15, -0.1) is 0 Å². The molecule has 0 aliphatic rings. The number of amides is 1. The number of hydrogen-bond donors (Lipinski definition) is 2. The van der Waals surface area contributed by atoms with E-state index in [9.17, 15) is 14.9 Å². The van der Waals surface area contributed by atoms with E-state index in [1.807, 2.05) is 12.1 Å². The quantitative estimate of drug-likeness (QED) is 0.375. The minimum Gasteiger partial charge on any atom is -0.396 e. The molecule has 0 fully saturated rings. The molecular weight excluding hydrogens is 352 g/mol. The topological polar surface area (TPSA) is 111 Å². The summed E-state index contributed by atoms with van der Waals surface area (Å²) in [6.07, 6.45) is 0.744. The number of nitrogens with one attached hydrogen (secondary N) is 1. The number of nitrogens with zero attached hydrogens (tertiary/aromatic N) is 1. The summed E-state index contributed by atoms with van der Waals surface area (Å²) >= 11 is 0. The van der Waals surface area contributed by atoms with E-state index >= 15 is 0 Å². The summed E-state index contributed by atoms with van der Waals surface area (Å²) in [6, 6.07) is 12.6. The number of aliphatic hydroxyl groups excluding tert-OH is 1. The molecule has 0 radical (unpaired) electrons. The highest BCUT2D eigenvalue weighted by Gasteiger charge is 2.18. The molecule has 0 spiro atoms. The fourth-order valence-electron chi connectivity index (χ4n) is 2.58. The highest BCUT2D eigenvalue weighted by Crippen LogP contribution is 2.29. The SMILES string of the molecule is COCOC(CCCO)c1ccccc1NC(=O)c1ccc([N+](=O)[O-])cc1. The Hall–Kier alpha value is -2.81. The first-order valence-corrected chi connectivity index (χ1v) is 8.43. The smallest absolute Gasteiger partial charge is 0.269 e. The summed E-state index contributed by atoms with van der Waals surface area (Å²) in [5.41, 5.74) is 1.56. The predicted octanol–water partition coefficient (Wildman–Crippen LogP) is 3.28. The number of rotatable bonds is 10. The number of nitro benzene ring substituents is 1. The number of carbonyl (C=O) groups is 1. The monoisotopic (exact) mass is 374 g/mol. The van der Waals surface area contributed by atoms with Crippen molar-refractivity contribution in [2.75, 3.05) is 25.8 Å². The Morgan fingerprint density at radius 3 is 2.56 bits per heavy atom. The van der Waals surface area contributed by atoms with Crippen LogP contribution >= 0.6 is 0 Å². The second-order valence-electron chi connectivity index (χ2n) is 5.77. The van der Waals surface area contributed by atoms with E-state index in [0.717, 1.165) is 5.56 Å². The molecule has 8 heteroatoms. The van der Waals surface area contributed by atoms with Gasteiger partial charge in [-0.05, 0) is 31.0 Å². The lowest BCUT2D eigenvalue weighted by atomic mass is 10.0. The average Bonchev–Trinajstić information content (AvgIpc) is 2.69. The first kappa shape index (κ1) is 20.5. The minimum atomic E-state index is -0.518. The number of methoxy groups -OCH3 is 1. The average molecular weight is 374 g/mol. The van der Waals surface area contributed by atoms with E-state index in [1.165, 1.54) is 31.4 Å². The number of anilines is 1. The summed E-state index contributed by atoms with van der Waals surface area (Å²) in [5.74, 6) is -0.384. The van der Waals surface area contributed by atoms with Crippen LogP contribution in [0.1, 0.15) is 34.9 Å². The van der Waals surface area contributed by atoms with Crippen LogP contribution in [0.25, 0.3) is 0 Å². The van der Waals surface area contributed by atoms with Crippen molar-refractivity contribution in [3.05, 3.63) is 69.8 Å². The zero-order chi connectivity index (χ0) is 19.6. The van der Waals surface area contributed by atoms with E-state index in [2.05, 4.69) is 5.32 Å². The molecule has 27 heavy (non-hydrogen) atoms. The number of non-ortho nitro benzene ring substituents is 1. The molecule has 2 aromatic rings. The summed E-state index contributed by atoms with van der Waals surface area (Å²) in [7, 11) is 1.52. The second kappa shape index (κ2) is 10.4. The number of aliphatic hydroxyl groups is 1. The molecular formula is C19H22N2O6. The summed E-state index contributed by atoms with van der Waals surface area (Å²) < 4.78 is 10.7. The Morgan fingerprint density at radius 2 is 1.93 bits per heavy atom. The molecule has 1 atom stereocenters. The van der Waals surface area contributed by atoms with Gasteiger partial charge in [0.25, 0.3) is 11.6 Å². The molecule has 0 heterocycles. The molecule has 0 aliphatic carbocycles. The van der Waals surface area contributed by atoms with Crippen LogP contribution in [0.4, 0.5) is 11.4 Å². The molecule has 0 saturated carbocycles. The third-order valence-electron chi connectivity index (χ3n) is 3.91. The van der Waals surface area contributed by atoms with E-state index < -0.39 is 4.92 Å². The molecule has 0 bridgehead atoms. The third-order valence-corrected chi connectivity index (χ3v) is 3.91. The number of ether oxygens (including phenoxy) is 2. The van der Waals surface area contributed by atoms with Gasteiger partial charge in [0.1, 0.15) is 6.79 Å². The van der Waals surface area contributed by atoms with Gasteiger partial charge in [0.15, 0.2) is 0 Å². The van der Waals surface area contributed by atoms with Gasteiger partial charge in [0.05, 0.1) is 11.0 Å². The normalized spacial score (nSPS) is 11.8. The van der Waals surface area contributed by atoms with Gasteiger partial charge < -0.3 is 19.9 Å². The van der Waals surface area contributed by atoms with Crippen molar-refractivity contribution >= 4 is 17.3 Å². The van der Waals surface area contributed by atoms with E-state index in [1.54, 1.807) is 12.1 Å². The standard InChI is InChI=1S/C19H22N2O6/c1-26-13-27-18(7-4-12-22)16-5-2-3-6-17(16)20-19(23)14-8-10-15(11-9-14)21(24)25/h2-3,5-6,8-11,18,22H,4,7,12-13H2,1H3,(H,20,23). The Bertz CT molecular complexity index is 755. The van der Waals surface area contributed by atoms with E-state index in [-0.39, 0.29) is 31.1 Å². The Balaban J connectivity index is 2.19. The van der Waals surface area contributed by atoms with Crippen molar-refractivity contribution in [3.63, 3.8) is 0 Å². The van der Waals surface area contributed by atoms with Gasteiger partial charge in [0, 0.05) is 42.7 Å². The maximum atomic E-state index is 12.5. The van der Waals surface area contributed by atoms with Crippen LogP contribution in [0.3, 0.4) is 0 Å². The Morgan fingerprint density at radius 1 is 1.22 bits per heavy atom. The lowest BCUT2D eigenvalue weighted by Crippen LogP contribution is -2.16. The van der Waals surface area contributed by atoms with Crippen molar-refractivity contribution in [2.45, 2.75) is 18.9 Å². The maximum Gasteiger partial charge on any atom is 0.269 e. The fraction of sp³-hybridized carbons (Fsp3) is 0.316. The molecule has 0 aromatic heterocycles. The van der Waals surface area contributed by atoms with Crippen LogP contribution in [0.5, 0.6) is 0 Å². The largest absolute Gasteiger partial charge is 0.396 e. The zero-order valence-corrected chi connectivity index (χ0v) is 15.0. The number of carbonyl (C=O) groups excluding carboxylic acids is 1. The van der Waals surface area contributed by atoms with Gasteiger partial charge in [-0.2, -0.15) is 0 Å². The molecule has 2 rings (SSSR count). The van der Waals surface area contributed by atoms with Crippen LogP contribution in [0, 0.1) is 10.1 Å². The Labute approximate surface area is 156 Å². The summed E-state index contributed by atoms with van der Waals surface area (Å²) in [4.78, 5) is 22.7. The lowest BCUT2D eigenvalue weighted by molar-refractivity contribution is -0.384. The van der Waals surface area contributed by atoms with Gasteiger partial charge in [-0.25, -0.2) is 0 Å². The van der Waals surface area contributed by atoms with Gasteiger partial charge in [-0.3, -0.25) is 14.9 Å². The molecule has 8 nitrogen and oxygen atoms in total. The number of hydrogen-bond acceptors (Lipinski definition) is 6. The van der Waals surface area contributed by atoms with Crippen molar-refractivity contribution in [2.24, 2.45) is 0 Å². The van der Waals surface area contributed by atoms with Crippen LogP contribution in [0.15, 0.2) is 48.5 Å². The van der Waals surface area contributed by atoms with Crippen molar-refractivity contribution < 1.29 is 24.3 Å². The third kappa shape index (κ3) is 5.85. The van der Waals surface area contributed by atoms with Crippen LogP contribution in [-0.4, -0.2) is 36.4 Å². The molecule has 2 aromatic carbocycles. The molecule has 0 saturated heterocycles. The molecule has 1 unspecified atom stereocenters. The van der Waals surface area contributed by atoms with Crippen molar-refractivity contribution in [1.82, 2.24) is 0 Å². The number of para-hydroxylation sites is 1. The molecule has 0 aliphatic heterocycles. The van der Waals surface area contributed by atoms with E-state index in [0.29, 0.717) is 24.1 Å². The van der Waals surface area contributed by atoms with Crippen LogP contribution in [-0.2, 0) is 9.47 Å². The van der Waals surface area contributed by atoms with Gasteiger partial charge in [-0.1, -0.05) is 18.2 Å². The summed E-state index contributed by atoms with van der Waals surface area (Å²) in [5, 5.41) is 22.7. The Kier molecular flexibility index (Phi) is 7.87. The first-order valence-electron chi connectivity index (χ1n) is 8.43. The number of benzene rings is 2. The lowest BCUT2D eigenvalue weighted by Gasteiger charge is -2.21. The zero-order valence-electron chi connectivity index (χ0n) is 15.0. The highest BCUT2D eigenvalue weighted by molar-refractivity contribution is 6.04. The maximum absolute atomic E-state index is 12.5. The minimum absolute atomic E-state index is 0.0319. The van der Waals surface area contributed by atoms with E-state index in [4.69, 9.17) is 14.6 Å². The van der Waals surface area contributed by atoms with Gasteiger partial charge >= 0.3 is 0 Å². The number of nitro groups is 1. The van der Waals surface area contributed by atoms with Crippen molar-refractivity contribution in [3.8, 4) is 0 Å². The van der Waals surface area contributed by atoms with Crippen LogP contribution in [0.2, 0.25) is 0 Å². The molecule has 1 amide bonds. The first-order chi connectivity index (χ1) is 13.1. The van der Waals surface area contributed by atoms with Crippen molar-refractivity contribution in [1.29, 1.82) is 0 Å². The fourth-order valence-corrected chi connectivity index (χ4v) is 2.58. The van der Waals surface area contributed by atoms with Gasteiger partial charge in [0.2, 0.25) is 0 Å². The van der Waals surface area contributed by atoms with Crippen LogP contribution < -0.4 is 5.32 Å². The molecule has 144 valence electrons. The molecule has 2 N–H and O–H groups in total. The predicted molar refractivity (Wildman–Crippen MR) is 99.5 cm³/mol. The highest BCUT2D eigenvalue weighted by atomic mass is 16.7. The second-order valence-corrected chi connectivity index (χ2v) is 5.77.